The lowest BCUT2D eigenvalue weighted by Crippen LogP contribution is -2.43. The molecule has 0 spiro atoms. The van der Waals surface area contributed by atoms with Crippen molar-refractivity contribution in [3.8, 4) is 0 Å². The van der Waals surface area contributed by atoms with Gasteiger partial charge in [-0.05, 0) is 12.8 Å². The summed E-state index contributed by atoms with van der Waals surface area (Å²) in [5.74, 6) is -2.81. The molecule has 0 amide bonds. The third-order valence-electron chi connectivity index (χ3n) is 3.75. The van der Waals surface area contributed by atoms with Crippen LogP contribution in [0.4, 0.5) is 8.78 Å². The summed E-state index contributed by atoms with van der Waals surface area (Å²) < 4.78 is 28.9. The molecule has 0 bridgehead atoms. The summed E-state index contributed by atoms with van der Waals surface area (Å²) in [6.07, 6.45) is 2.79. The Kier molecular flexibility index (Phi) is 2.98. The van der Waals surface area contributed by atoms with Crippen LogP contribution in [0.1, 0.15) is 31.2 Å². The highest BCUT2D eigenvalue weighted by Crippen LogP contribution is 2.53. The topological polar surface area (TPSA) is 26.0 Å². The van der Waals surface area contributed by atoms with Crippen molar-refractivity contribution in [1.29, 1.82) is 0 Å². The predicted octanol–water partition coefficient (Wildman–Crippen LogP) is 3.30. The first kappa shape index (κ1) is 11.5. The summed E-state index contributed by atoms with van der Waals surface area (Å²) in [5.41, 5.74) is 4.69. The molecule has 1 aromatic carbocycles. The number of nitrogens with two attached hydrogens (primary N) is 1. The van der Waals surface area contributed by atoms with E-state index >= 15 is 0 Å². The predicted molar refractivity (Wildman–Crippen MR) is 60.3 cm³/mol. The Morgan fingerprint density at radius 3 is 2.19 bits per heavy atom. The lowest BCUT2D eigenvalue weighted by Gasteiger charge is -2.36. The Morgan fingerprint density at radius 1 is 1.12 bits per heavy atom. The van der Waals surface area contributed by atoms with Crippen LogP contribution in [0.3, 0.4) is 0 Å². The molecule has 1 fully saturated rings. The molecular formula is C13H17F2N. The summed E-state index contributed by atoms with van der Waals surface area (Å²) in [6.45, 7) is 0.0644. The molecule has 0 aromatic heterocycles. The molecule has 0 aliphatic heterocycles. The zero-order valence-electron chi connectivity index (χ0n) is 9.26. The van der Waals surface area contributed by atoms with Crippen LogP contribution in [-0.2, 0) is 5.92 Å². The minimum atomic E-state index is -2.81. The maximum Gasteiger partial charge on any atom is 0.279 e. The van der Waals surface area contributed by atoms with Crippen molar-refractivity contribution in [2.75, 3.05) is 6.54 Å². The third kappa shape index (κ3) is 1.63. The van der Waals surface area contributed by atoms with E-state index in [1.165, 1.54) is 12.1 Å². The fourth-order valence-electron chi connectivity index (χ4n) is 2.65. The molecule has 3 heteroatoms. The van der Waals surface area contributed by atoms with Crippen LogP contribution < -0.4 is 5.73 Å². The van der Waals surface area contributed by atoms with E-state index in [9.17, 15) is 8.78 Å². The molecular weight excluding hydrogens is 208 g/mol. The Balaban J connectivity index is 2.37. The Hall–Kier alpha value is -0.960. The molecule has 0 saturated heterocycles. The van der Waals surface area contributed by atoms with Crippen LogP contribution in [0, 0.1) is 5.41 Å². The Morgan fingerprint density at radius 2 is 1.69 bits per heavy atom. The maximum absolute atomic E-state index is 14.4. The van der Waals surface area contributed by atoms with Crippen molar-refractivity contribution in [3.63, 3.8) is 0 Å². The van der Waals surface area contributed by atoms with Gasteiger partial charge in [-0.15, -0.1) is 0 Å². The van der Waals surface area contributed by atoms with E-state index in [0.29, 0.717) is 12.8 Å². The summed E-state index contributed by atoms with van der Waals surface area (Å²) in [5, 5.41) is 0. The lowest BCUT2D eigenvalue weighted by atomic mass is 9.76. The molecule has 16 heavy (non-hydrogen) atoms. The average molecular weight is 225 g/mol. The van der Waals surface area contributed by atoms with Crippen molar-refractivity contribution in [3.05, 3.63) is 35.9 Å². The van der Waals surface area contributed by atoms with Gasteiger partial charge in [0.2, 0.25) is 0 Å². The van der Waals surface area contributed by atoms with Gasteiger partial charge in [0.1, 0.15) is 0 Å². The van der Waals surface area contributed by atoms with Gasteiger partial charge in [-0.25, -0.2) is 8.78 Å². The summed E-state index contributed by atoms with van der Waals surface area (Å²) >= 11 is 0. The van der Waals surface area contributed by atoms with E-state index in [4.69, 9.17) is 5.73 Å². The Bertz CT molecular complexity index is 342. The van der Waals surface area contributed by atoms with E-state index in [1.807, 2.05) is 0 Å². The molecule has 0 heterocycles. The first-order chi connectivity index (χ1) is 7.62. The quantitative estimate of drug-likeness (QED) is 0.839. The zero-order valence-corrected chi connectivity index (χ0v) is 9.26. The molecule has 2 rings (SSSR count). The first-order valence-electron chi connectivity index (χ1n) is 5.76. The molecule has 1 saturated carbocycles. The average Bonchev–Trinajstić information content (AvgIpc) is 2.80. The lowest BCUT2D eigenvalue weighted by molar-refractivity contribution is -0.124. The van der Waals surface area contributed by atoms with Gasteiger partial charge in [0.05, 0.1) is 5.41 Å². The molecule has 0 atom stereocenters. The van der Waals surface area contributed by atoms with Crippen molar-refractivity contribution in [2.24, 2.45) is 11.1 Å². The van der Waals surface area contributed by atoms with Gasteiger partial charge in [-0.1, -0.05) is 43.2 Å². The molecule has 1 nitrogen and oxygen atoms in total. The highest BCUT2D eigenvalue weighted by molar-refractivity contribution is 5.23. The maximum atomic E-state index is 14.4. The van der Waals surface area contributed by atoms with E-state index in [0.717, 1.165) is 12.8 Å². The number of alkyl halides is 2. The minimum absolute atomic E-state index is 0.0644. The van der Waals surface area contributed by atoms with Gasteiger partial charge in [0.25, 0.3) is 5.92 Å². The molecule has 88 valence electrons. The van der Waals surface area contributed by atoms with Crippen LogP contribution in [0.25, 0.3) is 0 Å². The number of hydrogen-bond acceptors (Lipinski definition) is 1. The van der Waals surface area contributed by atoms with Crippen LogP contribution in [0.2, 0.25) is 0 Å². The smallest absolute Gasteiger partial charge is 0.279 e. The summed E-state index contributed by atoms with van der Waals surface area (Å²) in [7, 11) is 0. The molecule has 2 N–H and O–H groups in total. The zero-order chi connectivity index (χ0) is 11.6. The van der Waals surface area contributed by atoms with E-state index < -0.39 is 11.3 Å². The molecule has 0 unspecified atom stereocenters. The number of rotatable bonds is 3. The largest absolute Gasteiger partial charge is 0.330 e. The van der Waals surface area contributed by atoms with Crippen LogP contribution >= 0.6 is 0 Å². The molecule has 1 aliphatic carbocycles. The fraction of sp³-hybridized carbons (Fsp3) is 0.538. The second-order valence-electron chi connectivity index (χ2n) is 4.63. The van der Waals surface area contributed by atoms with Gasteiger partial charge in [-0.3, -0.25) is 0 Å². The molecule has 1 aliphatic rings. The van der Waals surface area contributed by atoms with Gasteiger partial charge in [0.15, 0.2) is 0 Å². The van der Waals surface area contributed by atoms with Gasteiger partial charge in [-0.2, -0.15) is 0 Å². The van der Waals surface area contributed by atoms with Crippen LogP contribution in [0.15, 0.2) is 30.3 Å². The number of benzene rings is 1. The number of hydrogen-bond donors (Lipinski definition) is 1. The monoisotopic (exact) mass is 225 g/mol. The molecule has 1 aromatic rings. The van der Waals surface area contributed by atoms with Gasteiger partial charge in [0, 0.05) is 12.1 Å². The standard InChI is InChI=1S/C13H17F2N/c14-13(15,11-6-2-1-3-7-11)12(10-16)8-4-5-9-12/h1-3,6-7H,4-5,8-10,16H2. The summed E-state index contributed by atoms with van der Waals surface area (Å²) in [6, 6.07) is 8.06. The second kappa shape index (κ2) is 4.13. The highest BCUT2D eigenvalue weighted by atomic mass is 19.3. The van der Waals surface area contributed by atoms with Crippen LogP contribution in [-0.4, -0.2) is 6.54 Å². The minimum Gasteiger partial charge on any atom is -0.330 e. The van der Waals surface area contributed by atoms with Gasteiger partial charge < -0.3 is 5.73 Å². The summed E-state index contributed by atoms with van der Waals surface area (Å²) in [4.78, 5) is 0. The second-order valence-corrected chi connectivity index (χ2v) is 4.63. The van der Waals surface area contributed by atoms with E-state index in [-0.39, 0.29) is 12.1 Å². The van der Waals surface area contributed by atoms with Gasteiger partial charge >= 0.3 is 0 Å². The number of halogens is 2. The van der Waals surface area contributed by atoms with Crippen LogP contribution in [0.5, 0.6) is 0 Å². The van der Waals surface area contributed by atoms with Crippen molar-refractivity contribution < 1.29 is 8.78 Å². The van der Waals surface area contributed by atoms with E-state index in [1.54, 1.807) is 18.2 Å². The highest BCUT2D eigenvalue weighted by Gasteiger charge is 2.54. The SMILES string of the molecule is NCC1(C(F)(F)c2ccccc2)CCCC1. The fourth-order valence-corrected chi connectivity index (χ4v) is 2.65. The van der Waals surface area contributed by atoms with Crippen molar-refractivity contribution >= 4 is 0 Å². The first-order valence-corrected chi connectivity index (χ1v) is 5.76. The van der Waals surface area contributed by atoms with E-state index in [2.05, 4.69) is 0 Å². The molecule has 0 radical (unpaired) electrons. The van der Waals surface area contributed by atoms with Crippen molar-refractivity contribution in [2.45, 2.75) is 31.6 Å². The Labute approximate surface area is 94.7 Å². The van der Waals surface area contributed by atoms with Crippen molar-refractivity contribution in [1.82, 2.24) is 0 Å². The normalized spacial score (nSPS) is 19.9. The third-order valence-corrected chi connectivity index (χ3v) is 3.75.